The van der Waals surface area contributed by atoms with Gasteiger partial charge in [-0.1, -0.05) is 202 Å². The van der Waals surface area contributed by atoms with E-state index in [2.05, 4.69) is 98.8 Å². The van der Waals surface area contributed by atoms with E-state index in [0.717, 1.165) is 0 Å². The van der Waals surface area contributed by atoms with Gasteiger partial charge >= 0.3 is 0 Å². The molecule has 0 spiro atoms. The molecule has 196 valence electrons. The summed E-state index contributed by atoms with van der Waals surface area (Å²) in [5.74, 6) is 0. The molecule has 36 heavy (non-hydrogen) atoms. The summed E-state index contributed by atoms with van der Waals surface area (Å²) >= 11 is 0. The molecule has 0 heterocycles. The Morgan fingerprint density at radius 1 is 0.306 bits per heavy atom. The van der Waals surface area contributed by atoms with Crippen molar-refractivity contribution in [3.8, 4) is 22.3 Å². The van der Waals surface area contributed by atoms with Crippen molar-refractivity contribution < 1.29 is 0 Å². The Hall–Kier alpha value is -2.34. The first-order valence-corrected chi connectivity index (χ1v) is 15.1. The number of rotatable bonds is 17. The quantitative estimate of drug-likeness (QED) is 0.167. The van der Waals surface area contributed by atoms with Crippen LogP contribution in [0.25, 0.3) is 22.3 Å². The van der Waals surface area contributed by atoms with E-state index >= 15 is 0 Å². The van der Waals surface area contributed by atoms with Crippen LogP contribution in [-0.2, 0) is 0 Å². The minimum atomic E-state index is 1.26. The van der Waals surface area contributed by atoms with E-state index in [4.69, 9.17) is 0 Å². The van der Waals surface area contributed by atoms with Gasteiger partial charge in [0.1, 0.15) is 0 Å². The monoisotopic (exact) mass is 484 g/mol. The van der Waals surface area contributed by atoms with Crippen molar-refractivity contribution in [2.75, 3.05) is 0 Å². The average molecular weight is 485 g/mol. The Bertz CT molecular complexity index is 790. The molecule has 0 aliphatic rings. The second kappa shape index (κ2) is 20.8. The van der Waals surface area contributed by atoms with Crippen LogP contribution in [0.1, 0.15) is 117 Å². The maximum Gasteiger partial charge on any atom is -0.0105 e. The lowest BCUT2D eigenvalue weighted by Gasteiger charge is -2.09. The molecule has 0 amide bonds. The van der Waals surface area contributed by atoms with Crippen LogP contribution in [0.3, 0.4) is 0 Å². The van der Waals surface area contributed by atoms with E-state index < -0.39 is 0 Å². The summed E-state index contributed by atoms with van der Waals surface area (Å²) in [5, 5.41) is 0. The van der Waals surface area contributed by atoms with E-state index in [1.807, 2.05) is 0 Å². The molecule has 3 rings (SSSR count). The van der Waals surface area contributed by atoms with Gasteiger partial charge in [0.25, 0.3) is 0 Å². The third kappa shape index (κ3) is 13.1. The van der Waals surface area contributed by atoms with Crippen LogP contribution < -0.4 is 0 Å². The zero-order valence-electron chi connectivity index (χ0n) is 23.4. The van der Waals surface area contributed by atoms with Crippen LogP contribution in [0.4, 0.5) is 0 Å². The second-order valence-corrected chi connectivity index (χ2v) is 10.2. The minimum absolute atomic E-state index is 1.26. The molecule has 3 aromatic rings. The molecule has 0 aliphatic heterocycles. The van der Waals surface area contributed by atoms with Crippen molar-refractivity contribution in [1.29, 1.82) is 0 Å². The van der Waals surface area contributed by atoms with Crippen molar-refractivity contribution in [2.24, 2.45) is 0 Å². The van der Waals surface area contributed by atoms with E-state index in [1.165, 1.54) is 125 Å². The first kappa shape index (κ1) is 29.9. The Balaban J connectivity index is 0.000000254. The zero-order valence-corrected chi connectivity index (χ0v) is 23.4. The van der Waals surface area contributed by atoms with Crippen molar-refractivity contribution in [2.45, 2.75) is 117 Å². The molecule has 0 atom stereocenters. The van der Waals surface area contributed by atoms with Gasteiger partial charge in [-0.2, -0.15) is 0 Å². The van der Waals surface area contributed by atoms with Crippen LogP contribution in [0.5, 0.6) is 0 Å². The molecule has 0 aromatic heterocycles. The van der Waals surface area contributed by atoms with Gasteiger partial charge in [-0.3, -0.25) is 0 Å². The van der Waals surface area contributed by atoms with Gasteiger partial charge in [0.2, 0.25) is 0 Å². The Morgan fingerprint density at radius 2 is 0.556 bits per heavy atom. The topological polar surface area (TPSA) is 0 Å². The van der Waals surface area contributed by atoms with Crippen LogP contribution >= 0.6 is 0 Å². The van der Waals surface area contributed by atoms with Gasteiger partial charge in [-0.05, 0) is 22.3 Å². The highest BCUT2D eigenvalue weighted by Crippen LogP contribution is 2.31. The molecular weight excluding hydrogens is 432 g/mol. The van der Waals surface area contributed by atoms with E-state index in [1.54, 1.807) is 0 Å². The summed E-state index contributed by atoms with van der Waals surface area (Å²) in [6.07, 6.45) is 23.4. The van der Waals surface area contributed by atoms with Gasteiger partial charge in [-0.25, -0.2) is 0 Å². The molecule has 0 heteroatoms. The van der Waals surface area contributed by atoms with Gasteiger partial charge in [0.15, 0.2) is 0 Å². The van der Waals surface area contributed by atoms with E-state index in [0.29, 0.717) is 0 Å². The summed E-state index contributed by atoms with van der Waals surface area (Å²) in [6, 6.07) is 29.6. The molecule has 0 unspecified atom stereocenters. The van der Waals surface area contributed by atoms with Crippen LogP contribution in [-0.4, -0.2) is 0 Å². The fourth-order valence-corrected chi connectivity index (χ4v) is 4.84. The van der Waals surface area contributed by atoms with Crippen molar-refractivity contribution in [3.05, 3.63) is 84.9 Å². The highest BCUT2D eigenvalue weighted by molar-refractivity contribution is 5.83. The second-order valence-electron chi connectivity index (χ2n) is 10.2. The lowest BCUT2D eigenvalue weighted by molar-refractivity contribution is 0.531. The molecule has 3 aromatic carbocycles. The molecular formula is C36H52. The summed E-state index contributed by atoms with van der Waals surface area (Å²) in [6.45, 7) is 4.59. The minimum Gasteiger partial charge on any atom is -0.0654 e. The molecule has 0 saturated carbocycles. The lowest BCUT2D eigenvalue weighted by Crippen LogP contribution is -1.83. The fourth-order valence-electron chi connectivity index (χ4n) is 4.84. The maximum atomic E-state index is 2.29. The smallest absolute Gasteiger partial charge is 0.0105 e. The van der Waals surface area contributed by atoms with Crippen molar-refractivity contribution in [1.82, 2.24) is 0 Å². The van der Waals surface area contributed by atoms with Crippen LogP contribution in [0.15, 0.2) is 84.9 Å². The molecule has 0 bridgehead atoms. The average Bonchev–Trinajstić information content (AvgIpc) is 2.94. The third-order valence-corrected chi connectivity index (χ3v) is 7.05. The highest BCUT2D eigenvalue weighted by atomic mass is 14.1. The molecule has 0 nitrogen and oxygen atoms in total. The zero-order chi connectivity index (χ0) is 25.5. The third-order valence-electron chi connectivity index (χ3n) is 7.05. The van der Waals surface area contributed by atoms with E-state index in [9.17, 15) is 0 Å². The van der Waals surface area contributed by atoms with E-state index in [-0.39, 0.29) is 0 Å². The largest absolute Gasteiger partial charge is 0.0654 e. The lowest BCUT2D eigenvalue weighted by atomic mass is 9.95. The predicted octanol–water partition coefficient (Wildman–Crippen LogP) is 12.3. The number of benzene rings is 3. The SMILES string of the molecule is CCCCCCCCCCCCCCCCCC.c1ccc(-c2ccccc2-c2ccccc2)cc1. The fraction of sp³-hybridized carbons (Fsp3) is 0.500. The Morgan fingerprint density at radius 3 is 0.833 bits per heavy atom. The maximum absolute atomic E-state index is 2.29. The number of hydrogen-bond donors (Lipinski definition) is 0. The van der Waals surface area contributed by atoms with Crippen LogP contribution in [0, 0.1) is 0 Å². The first-order valence-electron chi connectivity index (χ1n) is 15.1. The molecule has 0 aliphatic carbocycles. The normalized spacial score (nSPS) is 10.6. The number of unbranched alkanes of at least 4 members (excludes halogenated alkanes) is 15. The summed E-state index contributed by atoms with van der Waals surface area (Å²) in [5.41, 5.74) is 5.09. The molecule has 0 N–H and O–H groups in total. The standard InChI is InChI=1S/C18H14.C18H38/c1-3-9-15(10-4-1)17-13-7-8-14-18(17)16-11-5-2-6-12-16;1-3-5-7-9-11-13-15-17-18-16-14-12-10-8-6-4-2/h1-14H;3-18H2,1-2H3. The predicted molar refractivity (Wildman–Crippen MR) is 163 cm³/mol. The van der Waals surface area contributed by atoms with Gasteiger partial charge in [-0.15, -0.1) is 0 Å². The van der Waals surface area contributed by atoms with Gasteiger partial charge in [0.05, 0.1) is 0 Å². The van der Waals surface area contributed by atoms with Crippen molar-refractivity contribution >= 4 is 0 Å². The summed E-state index contributed by atoms with van der Waals surface area (Å²) in [7, 11) is 0. The summed E-state index contributed by atoms with van der Waals surface area (Å²) in [4.78, 5) is 0. The first-order chi connectivity index (χ1) is 17.9. The van der Waals surface area contributed by atoms with Gasteiger partial charge in [0, 0.05) is 0 Å². The van der Waals surface area contributed by atoms with Crippen LogP contribution in [0.2, 0.25) is 0 Å². The Labute approximate surface area is 223 Å². The van der Waals surface area contributed by atoms with Gasteiger partial charge < -0.3 is 0 Å². The van der Waals surface area contributed by atoms with Crippen molar-refractivity contribution in [3.63, 3.8) is 0 Å². The highest BCUT2D eigenvalue weighted by Gasteiger charge is 2.05. The molecule has 0 saturated heterocycles. The molecule has 0 fully saturated rings. The Kier molecular flexibility index (Phi) is 17.3. The molecule has 0 radical (unpaired) electrons. The summed E-state index contributed by atoms with van der Waals surface area (Å²) < 4.78 is 0. The number of hydrogen-bond acceptors (Lipinski definition) is 0.